The molecule has 0 aromatic heterocycles. The lowest BCUT2D eigenvalue weighted by Gasteiger charge is -2.09. The van der Waals surface area contributed by atoms with Gasteiger partial charge >= 0.3 is 6.18 Å². The van der Waals surface area contributed by atoms with Gasteiger partial charge in [0, 0.05) is 17.3 Å². The van der Waals surface area contributed by atoms with Crippen molar-refractivity contribution in [3.63, 3.8) is 0 Å². The van der Waals surface area contributed by atoms with E-state index in [0.29, 0.717) is 11.6 Å². The van der Waals surface area contributed by atoms with Gasteiger partial charge in [-0.2, -0.15) is 13.2 Å². The molecule has 1 aromatic rings. The van der Waals surface area contributed by atoms with E-state index in [1.165, 1.54) is 0 Å². The summed E-state index contributed by atoms with van der Waals surface area (Å²) in [6, 6.07) is 6.93. The van der Waals surface area contributed by atoms with Crippen molar-refractivity contribution in [3.05, 3.63) is 29.3 Å². The Hall–Kier alpha value is -0.940. The molecule has 1 N–H and O–H groups in total. The van der Waals surface area contributed by atoms with Gasteiger partial charge < -0.3 is 10.1 Å². The highest BCUT2D eigenvalue weighted by molar-refractivity contribution is 6.30. The van der Waals surface area contributed by atoms with Gasteiger partial charge in [0.1, 0.15) is 6.61 Å². The Labute approximate surface area is 96.4 Å². The summed E-state index contributed by atoms with van der Waals surface area (Å²) < 4.78 is 39.5. The number of halogens is 4. The molecule has 0 aliphatic carbocycles. The molecule has 2 nitrogen and oxygen atoms in total. The molecule has 0 spiro atoms. The van der Waals surface area contributed by atoms with Crippen LogP contribution in [0.1, 0.15) is 0 Å². The topological polar surface area (TPSA) is 21.3 Å². The molecular formula is C10H11ClF3NO. The molecule has 0 radical (unpaired) electrons. The Morgan fingerprint density at radius 3 is 2.69 bits per heavy atom. The molecule has 1 rings (SSSR count). The Balaban J connectivity index is 2.17. The number of benzene rings is 1. The van der Waals surface area contributed by atoms with Crippen molar-refractivity contribution in [2.45, 2.75) is 6.18 Å². The summed E-state index contributed by atoms with van der Waals surface area (Å²) in [4.78, 5) is 0. The molecule has 0 heterocycles. The number of rotatable bonds is 5. The van der Waals surface area contributed by atoms with Crippen LogP contribution >= 0.6 is 11.6 Å². The third-order valence-corrected chi connectivity index (χ3v) is 1.90. The molecule has 1 aromatic carbocycles. The maximum Gasteiger partial charge on any atom is 0.411 e. The van der Waals surface area contributed by atoms with Crippen LogP contribution in [-0.2, 0) is 4.74 Å². The summed E-state index contributed by atoms with van der Waals surface area (Å²) >= 11 is 5.72. The second kappa shape index (κ2) is 5.96. The van der Waals surface area contributed by atoms with E-state index < -0.39 is 12.8 Å². The molecule has 0 saturated carbocycles. The number of ether oxygens (including phenoxy) is 1. The number of anilines is 1. The van der Waals surface area contributed by atoms with Crippen molar-refractivity contribution in [1.82, 2.24) is 0 Å². The third kappa shape index (κ3) is 5.82. The summed E-state index contributed by atoms with van der Waals surface area (Å²) in [6.07, 6.45) is -4.27. The molecule has 0 aliphatic rings. The van der Waals surface area contributed by atoms with Crippen LogP contribution < -0.4 is 5.32 Å². The second-order valence-electron chi connectivity index (χ2n) is 3.10. The predicted octanol–water partition coefficient (Wildman–Crippen LogP) is 3.33. The maximum absolute atomic E-state index is 11.7. The van der Waals surface area contributed by atoms with Gasteiger partial charge in [-0.1, -0.05) is 17.7 Å². The van der Waals surface area contributed by atoms with Gasteiger partial charge in [-0.3, -0.25) is 0 Å². The van der Waals surface area contributed by atoms with E-state index >= 15 is 0 Å². The van der Waals surface area contributed by atoms with Crippen molar-refractivity contribution in [2.24, 2.45) is 0 Å². The minimum absolute atomic E-state index is 0.00791. The SMILES string of the molecule is FC(F)(F)COCCNc1cccc(Cl)c1. The summed E-state index contributed by atoms with van der Waals surface area (Å²) in [5.41, 5.74) is 0.753. The lowest BCUT2D eigenvalue weighted by Crippen LogP contribution is -2.20. The third-order valence-electron chi connectivity index (χ3n) is 1.67. The monoisotopic (exact) mass is 253 g/mol. The van der Waals surface area contributed by atoms with E-state index in [2.05, 4.69) is 10.1 Å². The lowest BCUT2D eigenvalue weighted by molar-refractivity contribution is -0.172. The first-order chi connectivity index (χ1) is 7.47. The van der Waals surface area contributed by atoms with Crippen molar-refractivity contribution >= 4 is 17.3 Å². The highest BCUT2D eigenvalue weighted by Crippen LogP contribution is 2.15. The van der Waals surface area contributed by atoms with E-state index in [1.54, 1.807) is 24.3 Å². The second-order valence-corrected chi connectivity index (χ2v) is 3.54. The first-order valence-electron chi connectivity index (χ1n) is 4.61. The molecule has 0 saturated heterocycles. The van der Waals surface area contributed by atoms with Gasteiger partial charge in [-0.15, -0.1) is 0 Å². The van der Waals surface area contributed by atoms with E-state index in [0.717, 1.165) is 5.69 Å². The number of alkyl halides is 3. The maximum atomic E-state index is 11.7. The molecule has 0 unspecified atom stereocenters. The first-order valence-corrected chi connectivity index (χ1v) is 4.99. The summed E-state index contributed by atoms with van der Waals surface area (Å²) in [7, 11) is 0. The van der Waals surface area contributed by atoms with Crippen molar-refractivity contribution in [3.8, 4) is 0 Å². The van der Waals surface area contributed by atoms with Gasteiger partial charge in [0.25, 0.3) is 0 Å². The molecule has 0 atom stereocenters. The molecule has 0 bridgehead atoms. The van der Waals surface area contributed by atoms with Crippen molar-refractivity contribution in [2.75, 3.05) is 25.1 Å². The van der Waals surface area contributed by atoms with Crippen LogP contribution in [-0.4, -0.2) is 25.9 Å². The lowest BCUT2D eigenvalue weighted by atomic mass is 10.3. The smallest absolute Gasteiger partial charge is 0.383 e. The number of hydrogen-bond donors (Lipinski definition) is 1. The molecule has 0 amide bonds. The van der Waals surface area contributed by atoms with Crippen LogP contribution in [0.5, 0.6) is 0 Å². The highest BCUT2D eigenvalue weighted by Gasteiger charge is 2.27. The molecule has 16 heavy (non-hydrogen) atoms. The van der Waals surface area contributed by atoms with E-state index in [4.69, 9.17) is 11.6 Å². The molecular weight excluding hydrogens is 243 g/mol. The number of nitrogens with one attached hydrogen (secondary N) is 1. The minimum Gasteiger partial charge on any atom is -0.383 e. The fourth-order valence-corrected chi connectivity index (χ4v) is 1.24. The van der Waals surface area contributed by atoms with Gasteiger partial charge in [0.2, 0.25) is 0 Å². The summed E-state index contributed by atoms with van der Waals surface area (Å²) in [6.45, 7) is -0.924. The Morgan fingerprint density at radius 2 is 2.06 bits per heavy atom. The fourth-order valence-electron chi connectivity index (χ4n) is 1.05. The van der Waals surface area contributed by atoms with E-state index in [1.807, 2.05) is 0 Å². The standard InChI is InChI=1S/C10H11ClF3NO/c11-8-2-1-3-9(6-8)15-4-5-16-7-10(12,13)14/h1-3,6,15H,4-5,7H2. The zero-order chi connectivity index (χ0) is 12.0. The van der Waals surface area contributed by atoms with E-state index in [-0.39, 0.29) is 6.61 Å². The van der Waals surface area contributed by atoms with Crippen LogP contribution in [0.3, 0.4) is 0 Å². The molecule has 0 fully saturated rings. The Bertz CT molecular complexity index is 330. The van der Waals surface area contributed by atoms with Crippen LogP contribution in [0.15, 0.2) is 24.3 Å². The fraction of sp³-hybridized carbons (Fsp3) is 0.400. The first kappa shape index (κ1) is 13.1. The van der Waals surface area contributed by atoms with Gasteiger partial charge in [-0.25, -0.2) is 0 Å². The number of hydrogen-bond acceptors (Lipinski definition) is 2. The largest absolute Gasteiger partial charge is 0.411 e. The molecule has 90 valence electrons. The molecule has 0 aliphatic heterocycles. The van der Waals surface area contributed by atoms with Crippen LogP contribution in [0.2, 0.25) is 5.02 Å². The quantitative estimate of drug-likeness (QED) is 0.813. The van der Waals surface area contributed by atoms with Crippen LogP contribution in [0.25, 0.3) is 0 Å². The predicted molar refractivity (Wildman–Crippen MR) is 56.8 cm³/mol. The van der Waals surface area contributed by atoms with Gasteiger partial charge in [-0.05, 0) is 18.2 Å². The van der Waals surface area contributed by atoms with Crippen LogP contribution in [0, 0.1) is 0 Å². The van der Waals surface area contributed by atoms with Gasteiger partial charge in [0.05, 0.1) is 6.61 Å². The van der Waals surface area contributed by atoms with Gasteiger partial charge in [0.15, 0.2) is 0 Å². The van der Waals surface area contributed by atoms with Crippen LogP contribution in [0.4, 0.5) is 18.9 Å². The normalized spacial score (nSPS) is 11.5. The zero-order valence-electron chi connectivity index (χ0n) is 8.35. The Kier molecular flexibility index (Phi) is 4.89. The summed E-state index contributed by atoms with van der Waals surface area (Å²) in [5, 5.41) is 3.47. The summed E-state index contributed by atoms with van der Waals surface area (Å²) in [5.74, 6) is 0. The average Bonchev–Trinajstić information content (AvgIpc) is 2.15. The average molecular weight is 254 g/mol. The van der Waals surface area contributed by atoms with Crippen molar-refractivity contribution in [1.29, 1.82) is 0 Å². The van der Waals surface area contributed by atoms with Crippen molar-refractivity contribution < 1.29 is 17.9 Å². The Morgan fingerprint density at radius 1 is 1.31 bits per heavy atom. The minimum atomic E-state index is -4.27. The highest BCUT2D eigenvalue weighted by atomic mass is 35.5. The van der Waals surface area contributed by atoms with E-state index in [9.17, 15) is 13.2 Å². The molecule has 6 heteroatoms. The zero-order valence-corrected chi connectivity index (χ0v) is 9.11.